The fourth-order valence-corrected chi connectivity index (χ4v) is 3.48. The highest BCUT2D eigenvalue weighted by atomic mass is 79.9. The van der Waals surface area contributed by atoms with Crippen molar-refractivity contribution in [3.63, 3.8) is 0 Å². The Morgan fingerprint density at radius 1 is 1.20 bits per heavy atom. The van der Waals surface area contributed by atoms with E-state index >= 15 is 0 Å². The predicted molar refractivity (Wildman–Crippen MR) is 90.8 cm³/mol. The van der Waals surface area contributed by atoms with Crippen LogP contribution in [0.4, 0.5) is 0 Å². The second-order valence-corrected chi connectivity index (χ2v) is 6.43. The van der Waals surface area contributed by atoms with Gasteiger partial charge in [-0.3, -0.25) is 4.98 Å². The van der Waals surface area contributed by atoms with E-state index in [1.165, 1.54) is 5.56 Å². The second kappa shape index (κ2) is 7.91. The van der Waals surface area contributed by atoms with Crippen LogP contribution in [0, 0.1) is 0 Å². The molecule has 0 bridgehead atoms. The van der Waals surface area contributed by atoms with Crippen LogP contribution in [-0.2, 0) is 6.42 Å². The molecule has 0 spiro atoms. The topological polar surface area (TPSA) is 24.9 Å². The monoisotopic (exact) mass is 396 g/mol. The zero-order chi connectivity index (χ0) is 14.4. The first-order valence-electron chi connectivity index (χ1n) is 6.79. The molecule has 1 aromatic carbocycles. The molecule has 0 aliphatic heterocycles. The Labute approximate surface area is 137 Å². The number of benzene rings is 1. The van der Waals surface area contributed by atoms with E-state index in [2.05, 4.69) is 85.5 Å². The van der Waals surface area contributed by atoms with Gasteiger partial charge in [0.05, 0.1) is 11.7 Å². The summed E-state index contributed by atoms with van der Waals surface area (Å²) >= 11 is 7.06. The van der Waals surface area contributed by atoms with Crippen LogP contribution in [0.25, 0.3) is 0 Å². The van der Waals surface area contributed by atoms with E-state index in [1.807, 2.05) is 6.20 Å². The molecule has 0 saturated heterocycles. The van der Waals surface area contributed by atoms with Gasteiger partial charge in [-0.1, -0.05) is 37.3 Å². The van der Waals surface area contributed by atoms with E-state index in [0.29, 0.717) is 0 Å². The van der Waals surface area contributed by atoms with Crippen molar-refractivity contribution in [1.29, 1.82) is 0 Å². The van der Waals surface area contributed by atoms with Crippen LogP contribution >= 0.6 is 31.9 Å². The Hall–Kier alpha value is -0.710. The molecule has 0 amide bonds. The Morgan fingerprint density at radius 2 is 1.95 bits per heavy atom. The van der Waals surface area contributed by atoms with Gasteiger partial charge in [0.1, 0.15) is 0 Å². The van der Waals surface area contributed by atoms with Gasteiger partial charge in [-0.15, -0.1) is 0 Å². The Kier molecular flexibility index (Phi) is 6.20. The van der Waals surface area contributed by atoms with Crippen molar-refractivity contribution in [2.45, 2.75) is 25.8 Å². The van der Waals surface area contributed by atoms with E-state index in [0.717, 1.165) is 34.0 Å². The Balaban J connectivity index is 2.10. The number of halogens is 2. The van der Waals surface area contributed by atoms with Gasteiger partial charge in [0.15, 0.2) is 0 Å². The molecule has 2 rings (SSSR count). The number of hydrogen-bond donors (Lipinski definition) is 1. The van der Waals surface area contributed by atoms with Crippen molar-refractivity contribution < 1.29 is 0 Å². The molecule has 2 nitrogen and oxygen atoms in total. The first-order chi connectivity index (χ1) is 9.70. The Bertz CT molecular complexity index is 543. The summed E-state index contributed by atoms with van der Waals surface area (Å²) in [5.74, 6) is 0. The lowest BCUT2D eigenvalue weighted by Crippen LogP contribution is -2.23. The van der Waals surface area contributed by atoms with Gasteiger partial charge < -0.3 is 5.32 Å². The fourth-order valence-electron chi connectivity index (χ4n) is 2.22. The van der Waals surface area contributed by atoms with Crippen LogP contribution in [0.2, 0.25) is 0 Å². The lowest BCUT2D eigenvalue weighted by Gasteiger charge is -2.19. The highest BCUT2D eigenvalue weighted by Crippen LogP contribution is 2.27. The van der Waals surface area contributed by atoms with Crippen molar-refractivity contribution in [2.75, 3.05) is 6.54 Å². The van der Waals surface area contributed by atoms with E-state index in [9.17, 15) is 0 Å². The van der Waals surface area contributed by atoms with Gasteiger partial charge >= 0.3 is 0 Å². The van der Waals surface area contributed by atoms with E-state index in [4.69, 9.17) is 0 Å². The number of hydrogen-bond acceptors (Lipinski definition) is 2. The summed E-state index contributed by atoms with van der Waals surface area (Å²) in [7, 11) is 0. The maximum absolute atomic E-state index is 4.55. The van der Waals surface area contributed by atoms with E-state index in [1.54, 1.807) is 0 Å². The molecular weight excluding hydrogens is 380 g/mol. The van der Waals surface area contributed by atoms with Crippen molar-refractivity contribution in [2.24, 2.45) is 0 Å². The number of aromatic nitrogens is 1. The summed E-state index contributed by atoms with van der Waals surface area (Å²) in [5.41, 5.74) is 2.44. The van der Waals surface area contributed by atoms with Crippen molar-refractivity contribution in [1.82, 2.24) is 10.3 Å². The third-order valence-electron chi connectivity index (χ3n) is 3.18. The SMILES string of the molecule is CCNC(CCc1ccccc1)c1ncc(Br)cc1Br. The molecule has 1 unspecified atom stereocenters. The standard InChI is InChI=1S/C16H18Br2N2/c1-2-19-15(9-8-12-6-4-3-5-7-12)16-14(18)10-13(17)11-20-16/h3-7,10-11,15,19H,2,8-9H2,1H3. The maximum Gasteiger partial charge on any atom is 0.0715 e. The van der Waals surface area contributed by atoms with Crippen LogP contribution in [0.15, 0.2) is 51.5 Å². The summed E-state index contributed by atoms with van der Waals surface area (Å²) in [6.07, 6.45) is 3.93. The fraction of sp³-hybridized carbons (Fsp3) is 0.312. The highest BCUT2D eigenvalue weighted by molar-refractivity contribution is 9.11. The molecular formula is C16H18Br2N2. The van der Waals surface area contributed by atoms with Gasteiger partial charge in [0, 0.05) is 15.1 Å². The minimum Gasteiger partial charge on any atom is -0.309 e. The summed E-state index contributed by atoms with van der Waals surface area (Å²) in [6.45, 7) is 3.06. The van der Waals surface area contributed by atoms with Crippen LogP contribution < -0.4 is 5.32 Å². The van der Waals surface area contributed by atoms with Crippen LogP contribution in [0.1, 0.15) is 30.6 Å². The van der Waals surface area contributed by atoms with E-state index < -0.39 is 0 Å². The molecule has 1 aromatic heterocycles. The lowest BCUT2D eigenvalue weighted by atomic mass is 10.0. The second-order valence-electron chi connectivity index (χ2n) is 4.66. The molecule has 1 heterocycles. The highest BCUT2D eigenvalue weighted by Gasteiger charge is 2.15. The summed E-state index contributed by atoms with van der Waals surface area (Å²) in [4.78, 5) is 4.55. The summed E-state index contributed by atoms with van der Waals surface area (Å²) < 4.78 is 2.04. The maximum atomic E-state index is 4.55. The van der Waals surface area contributed by atoms with Gasteiger partial charge in [-0.2, -0.15) is 0 Å². The third-order valence-corrected chi connectivity index (χ3v) is 4.25. The molecule has 20 heavy (non-hydrogen) atoms. The quantitative estimate of drug-likeness (QED) is 0.750. The minimum absolute atomic E-state index is 0.266. The smallest absolute Gasteiger partial charge is 0.0715 e. The zero-order valence-corrected chi connectivity index (χ0v) is 14.6. The van der Waals surface area contributed by atoms with Crippen molar-refractivity contribution in [3.05, 3.63) is 62.8 Å². The van der Waals surface area contributed by atoms with Crippen molar-refractivity contribution in [3.8, 4) is 0 Å². The molecule has 0 fully saturated rings. The number of rotatable bonds is 6. The van der Waals surface area contributed by atoms with Crippen LogP contribution in [0.3, 0.4) is 0 Å². The predicted octanol–water partition coefficient (Wildman–Crippen LogP) is 4.89. The Morgan fingerprint density at radius 3 is 2.60 bits per heavy atom. The van der Waals surface area contributed by atoms with Crippen LogP contribution in [0.5, 0.6) is 0 Å². The average Bonchev–Trinajstić information content (AvgIpc) is 2.45. The molecule has 1 N–H and O–H groups in total. The first kappa shape index (κ1) is 15.7. The molecule has 0 radical (unpaired) electrons. The normalized spacial score (nSPS) is 12.3. The molecule has 0 saturated carbocycles. The molecule has 106 valence electrons. The summed E-state index contributed by atoms with van der Waals surface area (Å²) in [5, 5.41) is 3.52. The minimum atomic E-state index is 0.266. The first-order valence-corrected chi connectivity index (χ1v) is 8.37. The molecule has 2 aromatic rings. The van der Waals surface area contributed by atoms with E-state index in [-0.39, 0.29) is 6.04 Å². The zero-order valence-electron chi connectivity index (χ0n) is 11.4. The number of aryl methyl sites for hydroxylation is 1. The van der Waals surface area contributed by atoms with Gasteiger partial charge in [0.25, 0.3) is 0 Å². The summed E-state index contributed by atoms with van der Waals surface area (Å²) in [6, 6.07) is 12.9. The number of nitrogens with zero attached hydrogens (tertiary/aromatic N) is 1. The lowest BCUT2D eigenvalue weighted by molar-refractivity contribution is 0.502. The average molecular weight is 398 g/mol. The van der Waals surface area contributed by atoms with Gasteiger partial charge in [-0.05, 0) is 62.9 Å². The molecule has 0 aliphatic carbocycles. The van der Waals surface area contributed by atoms with Crippen molar-refractivity contribution >= 4 is 31.9 Å². The van der Waals surface area contributed by atoms with Crippen LogP contribution in [-0.4, -0.2) is 11.5 Å². The van der Waals surface area contributed by atoms with Gasteiger partial charge in [0.2, 0.25) is 0 Å². The number of pyridine rings is 1. The van der Waals surface area contributed by atoms with Gasteiger partial charge in [-0.25, -0.2) is 0 Å². The largest absolute Gasteiger partial charge is 0.309 e. The third kappa shape index (κ3) is 4.40. The number of nitrogens with one attached hydrogen (secondary N) is 1. The molecule has 0 aliphatic rings. The molecule has 1 atom stereocenters. The molecule has 4 heteroatoms.